The molecule has 1 saturated heterocycles. The number of methoxy groups -OCH3 is 1. The van der Waals surface area contributed by atoms with E-state index >= 15 is 0 Å². The predicted octanol–water partition coefficient (Wildman–Crippen LogP) is 3.72. The van der Waals surface area contributed by atoms with E-state index in [9.17, 15) is 14.7 Å². The Morgan fingerprint density at radius 2 is 1.83 bits per heavy atom. The first-order valence-corrected chi connectivity index (χ1v) is 16.0. The summed E-state index contributed by atoms with van der Waals surface area (Å²) in [5.74, 6) is 0.451. The number of aromatic nitrogens is 2. The van der Waals surface area contributed by atoms with Crippen molar-refractivity contribution in [2.24, 2.45) is 23.7 Å². The Hall–Kier alpha value is -3.65. The van der Waals surface area contributed by atoms with Crippen LogP contribution < -0.4 is 20.7 Å². The molecule has 6 rings (SSSR count). The summed E-state index contributed by atoms with van der Waals surface area (Å²) in [5, 5.41) is 23.6. The van der Waals surface area contributed by atoms with Gasteiger partial charge in [0.1, 0.15) is 5.92 Å². The smallest absolute Gasteiger partial charge is 0.677 e. The minimum Gasteiger partial charge on any atom is -0.677 e. The number of rotatable bonds is 6. The van der Waals surface area contributed by atoms with Crippen LogP contribution in [-0.4, -0.2) is 59.9 Å². The van der Waals surface area contributed by atoms with Crippen molar-refractivity contribution in [1.29, 1.82) is 0 Å². The summed E-state index contributed by atoms with van der Waals surface area (Å²) < 4.78 is 10.5. The molecule has 0 radical (unpaired) electrons. The monoisotopic (exact) mass is 644 g/mol. The molecule has 0 amide bonds. The van der Waals surface area contributed by atoms with Crippen LogP contribution in [0.25, 0.3) is 28.4 Å². The second-order valence-electron chi connectivity index (χ2n) is 12.5. The Balaban J connectivity index is 0.00000433. The number of esters is 2. The van der Waals surface area contributed by atoms with Crippen molar-refractivity contribution in [3.63, 3.8) is 0 Å². The predicted molar refractivity (Wildman–Crippen MR) is 181 cm³/mol. The first-order valence-electron chi connectivity index (χ1n) is 16.0. The number of carbonyl (C=O) groups excluding carboxylic acids is 2. The number of carbonyl (C=O) groups is 2. The third-order valence-electron chi connectivity index (χ3n) is 10.1. The molecular formula is C37H40MgN4O5-2. The molecule has 3 aliphatic heterocycles. The van der Waals surface area contributed by atoms with Crippen molar-refractivity contribution in [3.8, 4) is 12.3 Å². The quantitative estimate of drug-likeness (QED) is 0.288. The van der Waals surface area contributed by atoms with E-state index < -0.39 is 18.0 Å². The molecule has 1 unspecified atom stereocenters. The molecule has 10 heteroatoms. The van der Waals surface area contributed by atoms with Gasteiger partial charge in [-0.2, -0.15) is 11.4 Å². The molecule has 1 fully saturated rings. The topological polar surface area (TPSA) is 129 Å². The summed E-state index contributed by atoms with van der Waals surface area (Å²) in [4.78, 5) is 36.0. The standard InChI is InChI=1S/C37H40N4O5.Mg/c1-9-21-17(4)24-14-26-19(6)23(12-13-30(42)46-11-3)34(40-26)32-33(37(44)45-8)36(43)31-20(7)27(41-35(31)32)16-29-22(10-2)18(5)25(39-29)15-28(21)38-24;/h1,14-16,19,21,23,28,33,36,43H,10-13H2,2-8H3;/q-4;+2/b25-15-,26-14-,29-16-,34-32-;/t19-,21-,23-,28?,33+,36+;/m0./s1. The maximum absolute atomic E-state index is 13.3. The van der Waals surface area contributed by atoms with Crippen molar-refractivity contribution < 1.29 is 24.2 Å². The molecule has 5 heterocycles. The summed E-state index contributed by atoms with van der Waals surface area (Å²) >= 11 is 0. The summed E-state index contributed by atoms with van der Waals surface area (Å²) in [7, 11) is 1.32. The Bertz CT molecular complexity index is 1890. The number of allylic oxidation sites excluding steroid dienone is 3. The van der Waals surface area contributed by atoms with Crippen LogP contribution in [-0.2, 0) is 25.5 Å². The van der Waals surface area contributed by atoms with Crippen LogP contribution >= 0.6 is 0 Å². The molecule has 6 atom stereocenters. The Labute approximate surface area is 292 Å². The summed E-state index contributed by atoms with van der Waals surface area (Å²) in [6, 6.07) is -0.285. The number of aliphatic hydroxyl groups excluding tert-OH is 1. The molecule has 0 spiro atoms. The number of aliphatic hydroxyl groups is 1. The van der Waals surface area contributed by atoms with Crippen LogP contribution in [0.2, 0.25) is 0 Å². The third kappa shape index (κ3) is 5.66. The minimum absolute atomic E-state index is 0. The van der Waals surface area contributed by atoms with E-state index in [1.807, 2.05) is 26.0 Å². The average Bonchev–Trinajstić information content (AvgIpc) is 3.77. The average molecular weight is 645 g/mol. The molecule has 242 valence electrons. The van der Waals surface area contributed by atoms with E-state index in [1.165, 1.54) is 7.11 Å². The van der Waals surface area contributed by atoms with Gasteiger partial charge >= 0.3 is 35.0 Å². The van der Waals surface area contributed by atoms with Gasteiger partial charge in [0, 0.05) is 12.3 Å². The van der Waals surface area contributed by atoms with E-state index in [2.05, 4.69) is 32.8 Å². The second-order valence-corrected chi connectivity index (χ2v) is 12.5. The number of terminal acetylenes is 1. The maximum atomic E-state index is 13.3. The maximum Gasteiger partial charge on any atom is 2.00 e. The largest absolute Gasteiger partial charge is 2.00 e. The Morgan fingerprint density at radius 3 is 2.49 bits per heavy atom. The fourth-order valence-corrected chi connectivity index (χ4v) is 7.55. The number of hydrogen-bond acceptors (Lipinski definition) is 5. The molecule has 8 bridgehead atoms. The van der Waals surface area contributed by atoms with Crippen molar-refractivity contribution in [3.05, 3.63) is 83.7 Å². The number of nitrogens with zero attached hydrogens (tertiary/aromatic N) is 4. The van der Waals surface area contributed by atoms with E-state index in [0.717, 1.165) is 50.8 Å². The third-order valence-corrected chi connectivity index (χ3v) is 10.1. The zero-order chi connectivity index (χ0) is 33.0. The summed E-state index contributed by atoms with van der Waals surface area (Å²) in [6.07, 6.45) is 12.3. The first kappa shape index (κ1) is 34.7. The van der Waals surface area contributed by atoms with Gasteiger partial charge in [0.15, 0.2) is 0 Å². The van der Waals surface area contributed by atoms with Crippen LogP contribution in [0.3, 0.4) is 0 Å². The van der Waals surface area contributed by atoms with Gasteiger partial charge in [-0.1, -0.05) is 65.8 Å². The van der Waals surface area contributed by atoms with Crippen LogP contribution in [0.4, 0.5) is 0 Å². The van der Waals surface area contributed by atoms with Crippen molar-refractivity contribution >= 4 is 52.7 Å². The van der Waals surface area contributed by atoms with Crippen molar-refractivity contribution in [2.75, 3.05) is 13.7 Å². The molecule has 1 N–H and O–H groups in total. The van der Waals surface area contributed by atoms with Gasteiger partial charge < -0.3 is 35.2 Å². The van der Waals surface area contributed by atoms with E-state index in [-0.39, 0.29) is 59.2 Å². The molecule has 0 aromatic carbocycles. The fraction of sp³-hybridized carbons (Fsp3) is 0.459. The van der Waals surface area contributed by atoms with Gasteiger partial charge in [-0.05, 0) is 57.9 Å². The molecule has 0 saturated carbocycles. The van der Waals surface area contributed by atoms with Crippen LogP contribution in [0.1, 0.15) is 80.3 Å². The summed E-state index contributed by atoms with van der Waals surface area (Å²) in [6.45, 7) is 12.2. The Kier molecular flexibility index (Phi) is 9.93. The van der Waals surface area contributed by atoms with Crippen molar-refractivity contribution in [1.82, 2.24) is 9.97 Å². The van der Waals surface area contributed by atoms with Crippen LogP contribution in [0.5, 0.6) is 0 Å². The summed E-state index contributed by atoms with van der Waals surface area (Å²) in [5.41, 5.74) is 8.43. The molecule has 2 aromatic rings. The molecule has 47 heavy (non-hydrogen) atoms. The van der Waals surface area contributed by atoms with E-state index in [4.69, 9.17) is 36.5 Å². The second kappa shape index (κ2) is 13.5. The zero-order valence-corrected chi connectivity index (χ0v) is 29.6. The van der Waals surface area contributed by atoms with Crippen LogP contribution in [0.15, 0.2) is 28.7 Å². The van der Waals surface area contributed by atoms with Crippen LogP contribution in [0, 0.1) is 49.9 Å². The van der Waals surface area contributed by atoms with Gasteiger partial charge in [0.05, 0.1) is 19.8 Å². The number of hydrogen-bond donors (Lipinski definition) is 1. The molecule has 4 aliphatic rings. The normalized spacial score (nSPS) is 29.6. The van der Waals surface area contributed by atoms with E-state index in [1.54, 1.807) is 6.92 Å². The van der Waals surface area contributed by atoms with Gasteiger partial charge in [0.25, 0.3) is 0 Å². The first-order chi connectivity index (χ1) is 22.0. The Morgan fingerprint density at radius 1 is 1.09 bits per heavy atom. The molecule has 9 nitrogen and oxygen atoms in total. The van der Waals surface area contributed by atoms with Gasteiger partial charge in [-0.15, -0.1) is 40.3 Å². The number of fused-ring (bicyclic) bond motifs is 7. The van der Waals surface area contributed by atoms with Crippen molar-refractivity contribution in [2.45, 2.75) is 73.0 Å². The molecular weight excluding hydrogens is 605 g/mol. The number of ether oxygens (including phenoxy) is 2. The van der Waals surface area contributed by atoms with Gasteiger partial charge in [-0.25, -0.2) is 0 Å². The fourth-order valence-electron chi connectivity index (χ4n) is 7.55. The molecule has 2 aromatic heterocycles. The van der Waals surface area contributed by atoms with Gasteiger partial charge in [0.2, 0.25) is 0 Å². The zero-order valence-electron chi connectivity index (χ0n) is 28.2. The van der Waals surface area contributed by atoms with E-state index in [0.29, 0.717) is 41.2 Å². The molecule has 1 aliphatic carbocycles. The minimum atomic E-state index is -1.17. The SMILES string of the molecule is C#C[C@H]1C(C)=C2/C=C3\[N-]/C(=C4\c5[n-]c(c(C)c5[C@@H](O)[C@@H]4C(=O)OC)/C=c4\[n-]/c(c(C)c4CC)=C\C1[N-]2)[C@@H](CCC(=O)OCC)[C@@H]3C.[Mg+2]. The van der Waals surface area contributed by atoms with Gasteiger partial charge in [-0.3, -0.25) is 9.59 Å².